The summed E-state index contributed by atoms with van der Waals surface area (Å²) in [5.41, 5.74) is 6.26. The molecule has 3 rings (SSSR count). The first-order valence-electron chi connectivity index (χ1n) is 6.89. The molecule has 2 N–H and O–H groups in total. The van der Waals surface area contributed by atoms with Crippen LogP contribution in [0.1, 0.15) is 24.2 Å². The van der Waals surface area contributed by atoms with Crippen LogP contribution < -0.4 is 16.3 Å². The van der Waals surface area contributed by atoms with Crippen LogP contribution in [0.5, 0.6) is 0 Å². The van der Waals surface area contributed by atoms with Crippen molar-refractivity contribution in [3.05, 3.63) is 46.2 Å². The first-order chi connectivity index (χ1) is 10.1. The molecule has 0 saturated carbocycles. The number of esters is 1. The maximum Gasteiger partial charge on any atom is 0.343 e. The Morgan fingerprint density at radius 2 is 2.14 bits per heavy atom. The van der Waals surface area contributed by atoms with Gasteiger partial charge in [0.15, 0.2) is 0 Å². The summed E-state index contributed by atoms with van der Waals surface area (Å²) in [4.78, 5) is 24.5. The number of pyridine rings is 1. The monoisotopic (exact) mass is 287 g/mol. The summed E-state index contributed by atoms with van der Waals surface area (Å²) >= 11 is 0. The molecular weight excluding hydrogens is 270 g/mol. The number of benzene rings is 1. The zero-order valence-corrected chi connectivity index (χ0v) is 12.0. The quantitative estimate of drug-likeness (QED) is 0.823. The molecule has 0 bridgehead atoms. The molecule has 0 radical (unpaired) electrons. The van der Waals surface area contributed by atoms with E-state index in [0.29, 0.717) is 11.9 Å². The van der Waals surface area contributed by atoms with Crippen LogP contribution in [0.25, 0.3) is 10.9 Å². The molecule has 1 saturated heterocycles. The number of nitrogens with zero attached hydrogens (tertiary/aromatic N) is 1. The Hall–Kier alpha value is -2.18. The Labute approximate surface area is 121 Å². The van der Waals surface area contributed by atoms with E-state index in [1.54, 1.807) is 25.3 Å². The minimum absolute atomic E-state index is 0.0606. The van der Waals surface area contributed by atoms with Crippen molar-refractivity contribution in [3.8, 4) is 0 Å². The lowest BCUT2D eigenvalue weighted by atomic mass is 10.1. The van der Waals surface area contributed by atoms with Crippen molar-refractivity contribution in [2.75, 3.05) is 13.2 Å². The topological polar surface area (TPSA) is 72.4 Å². The van der Waals surface area contributed by atoms with Crippen LogP contribution in [0.4, 0.5) is 0 Å². The number of nitrogens with one attached hydrogen (secondary N) is 2. The fraction of sp³-hybridized carbons (Fsp3) is 0.333. The molecule has 1 aliphatic rings. The van der Waals surface area contributed by atoms with E-state index in [2.05, 4.69) is 10.9 Å². The molecule has 1 atom stereocenters. The largest absolute Gasteiger partial charge is 0.462 e. The highest BCUT2D eigenvalue weighted by atomic mass is 16.5. The summed E-state index contributed by atoms with van der Waals surface area (Å²) in [6.45, 7) is 4.65. The number of hydrogen-bond donors (Lipinski definition) is 2. The maximum atomic E-state index is 12.5. The van der Waals surface area contributed by atoms with E-state index in [-0.39, 0.29) is 23.3 Å². The van der Waals surface area contributed by atoms with Crippen LogP contribution in [-0.2, 0) is 10.4 Å². The molecule has 1 aromatic heterocycles. The van der Waals surface area contributed by atoms with Crippen molar-refractivity contribution < 1.29 is 9.53 Å². The van der Waals surface area contributed by atoms with Crippen molar-refractivity contribution in [1.29, 1.82) is 0 Å². The number of fused-ring (bicyclic) bond motifs is 1. The highest BCUT2D eigenvalue weighted by Gasteiger charge is 2.34. The van der Waals surface area contributed by atoms with Gasteiger partial charge in [0.25, 0.3) is 0 Å². The van der Waals surface area contributed by atoms with Gasteiger partial charge in [-0.2, -0.15) is 0 Å². The normalized spacial score (nSPS) is 21.0. The molecule has 1 unspecified atom stereocenters. The number of carbonyl (C=O) groups excluding carboxylic acids is 1. The van der Waals surface area contributed by atoms with Gasteiger partial charge < -0.3 is 9.30 Å². The second kappa shape index (κ2) is 4.98. The second-order valence-corrected chi connectivity index (χ2v) is 5.23. The Bertz CT molecular complexity index is 762. The predicted molar refractivity (Wildman–Crippen MR) is 79.0 cm³/mol. The number of hydrazine groups is 1. The Balaban J connectivity index is 2.28. The van der Waals surface area contributed by atoms with Crippen LogP contribution in [0.2, 0.25) is 0 Å². The summed E-state index contributed by atoms with van der Waals surface area (Å²) in [5.74, 6) is -0.585. The van der Waals surface area contributed by atoms with Crippen molar-refractivity contribution in [3.63, 3.8) is 0 Å². The van der Waals surface area contributed by atoms with Gasteiger partial charge in [-0.3, -0.25) is 10.2 Å². The summed E-state index contributed by atoms with van der Waals surface area (Å²) in [5, 5.41) is 0.512. The van der Waals surface area contributed by atoms with E-state index in [1.165, 1.54) is 0 Å². The first-order valence-corrected chi connectivity index (χ1v) is 6.89. The molecule has 2 aromatic rings. The van der Waals surface area contributed by atoms with Crippen molar-refractivity contribution >= 4 is 16.9 Å². The van der Waals surface area contributed by atoms with Crippen molar-refractivity contribution in [2.45, 2.75) is 19.5 Å². The van der Waals surface area contributed by atoms with E-state index in [0.717, 1.165) is 5.52 Å². The summed E-state index contributed by atoms with van der Waals surface area (Å²) in [6.07, 6.45) is 1.58. The van der Waals surface area contributed by atoms with E-state index in [9.17, 15) is 9.59 Å². The molecule has 2 heterocycles. The molecule has 110 valence electrons. The standard InChI is InChI=1S/C15H17N3O3/c1-3-21-14(20)11-8-18(15(2)9-16-17-15)12-7-5-4-6-10(12)13(11)19/h4-8,16-17H,3,9H2,1-2H3. The highest BCUT2D eigenvalue weighted by molar-refractivity contribution is 5.93. The molecule has 6 nitrogen and oxygen atoms in total. The molecular formula is C15H17N3O3. The number of carbonyl (C=O) groups is 1. The Morgan fingerprint density at radius 1 is 1.43 bits per heavy atom. The third-order valence-corrected chi connectivity index (χ3v) is 3.73. The predicted octanol–water partition coefficient (Wildman–Crippen LogP) is 0.959. The minimum atomic E-state index is -0.585. The van der Waals surface area contributed by atoms with Gasteiger partial charge in [0, 0.05) is 18.1 Å². The fourth-order valence-corrected chi connectivity index (χ4v) is 2.53. The van der Waals surface area contributed by atoms with Gasteiger partial charge in [-0.1, -0.05) is 12.1 Å². The van der Waals surface area contributed by atoms with E-state index in [4.69, 9.17) is 4.74 Å². The SMILES string of the molecule is CCOC(=O)c1cn(C2(C)CNN2)c2ccccc2c1=O. The first kappa shape index (κ1) is 13.8. The molecule has 6 heteroatoms. The van der Waals surface area contributed by atoms with Crippen LogP contribution in [0.15, 0.2) is 35.3 Å². The molecule has 1 aliphatic heterocycles. The lowest BCUT2D eigenvalue weighted by Crippen LogP contribution is -2.68. The van der Waals surface area contributed by atoms with Crippen molar-refractivity contribution in [1.82, 2.24) is 15.4 Å². The number of rotatable bonds is 3. The average Bonchev–Trinajstić information content (AvgIpc) is 2.46. The summed E-state index contributed by atoms with van der Waals surface area (Å²) in [7, 11) is 0. The lowest BCUT2D eigenvalue weighted by molar-refractivity contribution is 0.0520. The second-order valence-electron chi connectivity index (χ2n) is 5.23. The molecule has 1 aromatic carbocycles. The Kier molecular flexibility index (Phi) is 3.27. The minimum Gasteiger partial charge on any atom is -0.462 e. The van der Waals surface area contributed by atoms with Crippen LogP contribution in [-0.4, -0.2) is 23.7 Å². The highest BCUT2D eigenvalue weighted by Crippen LogP contribution is 2.22. The van der Waals surface area contributed by atoms with Gasteiger partial charge in [-0.05, 0) is 26.0 Å². The van der Waals surface area contributed by atoms with E-state index >= 15 is 0 Å². The number of hydrogen-bond acceptors (Lipinski definition) is 5. The fourth-order valence-electron chi connectivity index (χ4n) is 2.53. The number of aromatic nitrogens is 1. The molecule has 0 amide bonds. The molecule has 21 heavy (non-hydrogen) atoms. The summed E-state index contributed by atoms with van der Waals surface area (Å²) in [6, 6.07) is 7.26. The van der Waals surface area contributed by atoms with Gasteiger partial charge in [0.05, 0.1) is 12.1 Å². The molecule has 1 fully saturated rings. The van der Waals surface area contributed by atoms with Crippen molar-refractivity contribution in [2.24, 2.45) is 0 Å². The third kappa shape index (κ3) is 2.12. The van der Waals surface area contributed by atoms with Gasteiger partial charge >= 0.3 is 5.97 Å². The van der Waals surface area contributed by atoms with Crippen LogP contribution in [0.3, 0.4) is 0 Å². The molecule has 0 spiro atoms. The maximum absolute atomic E-state index is 12.5. The van der Waals surface area contributed by atoms with Crippen LogP contribution >= 0.6 is 0 Å². The lowest BCUT2D eigenvalue weighted by Gasteiger charge is -2.43. The van der Waals surface area contributed by atoms with E-state index < -0.39 is 5.97 Å². The third-order valence-electron chi connectivity index (χ3n) is 3.73. The van der Waals surface area contributed by atoms with Gasteiger partial charge in [-0.25, -0.2) is 10.2 Å². The zero-order chi connectivity index (χ0) is 15.0. The number of ether oxygens (including phenoxy) is 1. The molecule has 0 aliphatic carbocycles. The van der Waals surface area contributed by atoms with Crippen LogP contribution in [0, 0.1) is 0 Å². The van der Waals surface area contributed by atoms with Gasteiger partial charge in [0.2, 0.25) is 5.43 Å². The van der Waals surface area contributed by atoms with Gasteiger partial charge in [-0.15, -0.1) is 0 Å². The average molecular weight is 287 g/mol. The van der Waals surface area contributed by atoms with Gasteiger partial charge in [0.1, 0.15) is 11.2 Å². The smallest absolute Gasteiger partial charge is 0.343 e. The number of para-hydroxylation sites is 1. The summed E-state index contributed by atoms with van der Waals surface area (Å²) < 4.78 is 6.90. The Morgan fingerprint density at radius 3 is 2.76 bits per heavy atom. The van der Waals surface area contributed by atoms with E-state index in [1.807, 2.05) is 23.6 Å². The zero-order valence-electron chi connectivity index (χ0n) is 12.0.